The lowest BCUT2D eigenvalue weighted by molar-refractivity contribution is -0.136. The lowest BCUT2D eigenvalue weighted by Crippen LogP contribution is -2.27. The van der Waals surface area contributed by atoms with E-state index in [1.807, 2.05) is 6.07 Å². The number of carbonyl (C=O) groups excluding carboxylic acids is 1. The third kappa shape index (κ3) is 2.69. The van der Waals surface area contributed by atoms with E-state index in [0.29, 0.717) is 17.2 Å². The topological polar surface area (TPSA) is 66.4 Å². The Hall–Kier alpha value is -1.84. The van der Waals surface area contributed by atoms with Gasteiger partial charge in [-0.25, -0.2) is 0 Å². The van der Waals surface area contributed by atoms with Crippen LogP contribution < -0.4 is 5.32 Å². The fraction of sp³-hybridized carbons (Fsp3) is 0.500. The highest BCUT2D eigenvalue weighted by molar-refractivity contribution is 5.93. The van der Waals surface area contributed by atoms with Gasteiger partial charge < -0.3 is 10.4 Å². The maximum Gasteiger partial charge on any atom is 0.307 e. The number of rotatable bonds is 4. The van der Waals surface area contributed by atoms with E-state index in [1.54, 1.807) is 18.2 Å². The number of hydrogen-bond donors (Lipinski definition) is 2. The minimum absolute atomic E-state index is 0.0160. The molecule has 0 aromatic heterocycles. The lowest BCUT2D eigenvalue weighted by atomic mass is 9.88. The summed E-state index contributed by atoms with van der Waals surface area (Å²) in [6, 6.07) is 7.12. The van der Waals surface area contributed by atoms with E-state index in [-0.39, 0.29) is 18.2 Å². The molecule has 0 saturated heterocycles. The van der Waals surface area contributed by atoms with Crippen molar-refractivity contribution in [3.63, 3.8) is 0 Å². The third-order valence-corrected chi connectivity index (χ3v) is 4.62. The zero-order chi connectivity index (χ0) is 14.1. The molecular formula is C16H19NO3. The Bertz CT molecular complexity index is 540. The van der Waals surface area contributed by atoms with Crippen molar-refractivity contribution in [2.75, 3.05) is 5.32 Å². The van der Waals surface area contributed by atoms with Gasteiger partial charge in [0.05, 0.1) is 6.42 Å². The molecule has 2 saturated carbocycles. The first-order valence-electron chi connectivity index (χ1n) is 7.23. The molecule has 4 nitrogen and oxygen atoms in total. The van der Waals surface area contributed by atoms with Gasteiger partial charge in [-0.15, -0.1) is 0 Å². The van der Waals surface area contributed by atoms with Crippen molar-refractivity contribution in [2.24, 2.45) is 17.8 Å². The van der Waals surface area contributed by atoms with Gasteiger partial charge in [0, 0.05) is 11.6 Å². The maximum atomic E-state index is 12.3. The summed E-state index contributed by atoms with van der Waals surface area (Å²) in [4.78, 5) is 23.0. The quantitative estimate of drug-likeness (QED) is 0.886. The number of amides is 1. The molecule has 0 heterocycles. The molecule has 3 unspecified atom stereocenters. The van der Waals surface area contributed by atoms with Crippen LogP contribution in [0.3, 0.4) is 0 Å². The fourth-order valence-corrected chi connectivity index (χ4v) is 3.73. The van der Waals surface area contributed by atoms with E-state index >= 15 is 0 Å². The number of carboxylic acids is 1. The molecule has 0 radical (unpaired) electrons. The summed E-state index contributed by atoms with van der Waals surface area (Å²) in [5.74, 6) is 0.694. The zero-order valence-electron chi connectivity index (χ0n) is 11.3. The molecule has 0 aliphatic heterocycles. The number of carboxylic acid groups (broad SMARTS) is 1. The van der Waals surface area contributed by atoms with Gasteiger partial charge in [0.25, 0.3) is 0 Å². The van der Waals surface area contributed by atoms with Crippen LogP contribution in [0.25, 0.3) is 0 Å². The molecule has 3 rings (SSSR count). The number of anilines is 1. The second-order valence-corrected chi connectivity index (χ2v) is 6.04. The molecule has 1 aromatic carbocycles. The Morgan fingerprint density at radius 3 is 2.75 bits per heavy atom. The van der Waals surface area contributed by atoms with Crippen molar-refractivity contribution in [1.29, 1.82) is 0 Å². The molecule has 20 heavy (non-hydrogen) atoms. The van der Waals surface area contributed by atoms with Gasteiger partial charge in [0.2, 0.25) is 5.91 Å². The second-order valence-electron chi connectivity index (χ2n) is 6.04. The molecule has 2 aliphatic carbocycles. The van der Waals surface area contributed by atoms with Gasteiger partial charge in [-0.2, -0.15) is 0 Å². The predicted octanol–water partition coefficient (Wildman–Crippen LogP) is 2.69. The summed E-state index contributed by atoms with van der Waals surface area (Å²) < 4.78 is 0. The monoisotopic (exact) mass is 273 g/mol. The predicted molar refractivity (Wildman–Crippen MR) is 75.3 cm³/mol. The Balaban J connectivity index is 1.65. The minimum atomic E-state index is -0.860. The third-order valence-electron chi connectivity index (χ3n) is 4.62. The fourth-order valence-electron chi connectivity index (χ4n) is 3.73. The molecule has 2 bridgehead atoms. The molecule has 2 aliphatic rings. The summed E-state index contributed by atoms with van der Waals surface area (Å²) in [6.07, 6.45) is 4.67. The van der Waals surface area contributed by atoms with Crippen LogP contribution in [0.1, 0.15) is 31.2 Å². The molecule has 2 fully saturated rings. The number of fused-ring (bicyclic) bond motifs is 2. The van der Waals surface area contributed by atoms with Gasteiger partial charge in [-0.1, -0.05) is 18.6 Å². The Morgan fingerprint density at radius 2 is 2.10 bits per heavy atom. The highest BCUT2D eigenvalue weighted by atomic mass is 16.4. The van der Waals surface area contributed by atoms with E-state index in [4.69, 9.17) is 5.11 Å². The molecule has 2 N–H and O–H groups in total. The zero-order valence-corrected chi connectivity index (χ0v) is 11.3. The van der Waals surface area contributed by atoms with E-state index in [2.05, 4.69) is 5.32 Å². The first kappa shape index (κ1) is 13.2. The summed E-state index contributed by atoms with van der Waals surface area (Å²) in [7, 11) is 0. The Labute approximate surface area is 118 Å². The van der Waals surface area contributed by atoms with Crippen LogP contribution in [-0.4, -0.2) is 17.0 Å². The molecular weight excluding hydrogens is 254 g/mol. The number of benzene rings is 1. The molecule has 3 atom stereocenters. The van der Waals surface area contributed by atoms with Crippen molar-refractivity contribution >= 4 is 17.6 Å². The van der Waals surface area contributed by atoms with Crippen molar-refractivity contribution in [3.05, 3.63) is 29.8 Å². The van der Waals surface area contributed by atoms with Gasteiger partial charge in [-0.3, -0.25) is 9.59 Å². The van der Waals surface area contributed by atoms with Crippen LogP contribution in [0, 0.1) is 17.8 Å². The standard InChI is InChI=1S/C16H19NO3/c18-15(19)9-10-2-1-3-13(7-10)17-16(20)14-8-11-4-5-12(14)6-11/h1-3,7,11-12,14H,4-6,8-9H2,(H,17,20)(H,18,19). The smallest absolute Gasteiger partial charge is 0.307 e. The van der Waals surface area contributed by atoms with Crippen LogP contribution in [-0.2, 0) is 16.0 Å². The van der Waals surface area contributed by atoms with Crippen molar-refractivity contribution in [1.82, 2.24) is 0 Å². The molecule has 106 valence electrons. The van der Waals surface area contributed by atoms with E-state index in [0.717, 1.165) is 12.3 Å². The van der Waals surface area contributed by atoms with Crippen LogP contribution >= 0.6 is 0 Å². The highest BCUT2D eigenvalue weighted by Crippen LogP contribution is 2.48. The summed E-state index contributed by atoms with van der Waals surface area (Å²) in [5.41, 5.74) is 1.42. The van der Waals surface area contributed by atoms with Gasteiger partial charge in [-0.05, 0) is 48.8 Å². The van der Waals surface area contributed by atoms with Crippen LogP contribution in [0.15, 0.2) is 24.3 Å². The normalized spacial score (nSPS) is 27.5. The number of aliphatic carboxylic acids is 1. The minimum Gasteiger partial charge on any atom is -0.481 e. The number of hydrogen-bond acceptors (Lipinski definition) is 2. The van der Waals surface area contributed by atoms with Crippen molar-refractivity contribution in [2.45, 2.75) is 32.1 Å². The molecule has 0 spiro atoms. The van der Waals surface area contributed by atoms with Crippen LogP contribution in [0.2, 0.25) is 0 Å². The SMILES string of the molecule is O=C(O)Cc1cccc(NC(=O)C2CC3CCC2C3)c1. The summed E-state index contributed by atoms with van der Waals surface area (Å²) in [6.45, 7) is 0. The largest absolute Gasteiger partial charge is 0.481 e. The first-order chi connectivity index (χ1) is 9.61. The molecule has 4 heteroatoms. The highest BCUT2D eigenvalue weighted by Gasteiger charge is 2.42. The van der Waals surface area contributed by atoms with E-state index < -0.39 is 5.97 Å². The van der Waals surface area contributed by atoms with Gasteiger partial charge in [0.15, 0.2) is 0 Å². The number of nitrogens with one attached hydrogen (secondary N) is 1. The lowest BCUT2D eigenvalue weighted by Gasteiger charge is -2.20. The Kier molecular flexibility index (Phi) is 3.47. The Morgan fingerprint density at radius 1 is 1.25 bits per heavy atom. The number of carbonyl (C=O) groups is 2. The van der Waals surface area contributed by atoms with Crippen molar-refractivity contribution < 1.29 is 14.7 Å². The average Bonchev–Trinajstić information content (AvgIpc) is 3.00. The van der Waals surface area contributed by atoms with E-state index in [9.17, 15) is 9.59 Å². The first-order valence-corrected chi connectivity index (χ1v) is 7.23. The summed E-state index contributed by atoms with van der Waals surface area (Å²) in [5, 5.41) is 11.7. The second kappa shape index (κ2) is 5.27. The van der Waals surface area contributed by atoms with Gasteiger partial charge >= 0.3 is 5.97 Å². The van der Waals surface area contributed by atoms with Gasteiger partial charge in [0.1, 0.15) is 0 Å². The maximum absolute atomic E-state index is 12.3. The van der Waals surface area contributed by atoms with Crippen LogP contribution in [0.5, 0.6) is 0 Å². The summed E-state index contributed by atoms with van der Waals surface area (Å²) >= 11 is 0. The van der Waals surface area contributed by atoms with E-state index in [1.165, 1.54) is 19.3 Å². The molecule has 1 aromatic rings. The average molecular weight is 273 g/mol. The van der Waals surface area contributed by atoms with Crippen LogP contribution in [0.4, 0.5) is 5.69 Å². The molecule has 1 amide bonds. The van der Waals surface area contributed by atoms with Crippen molar-refractivity contribution in [3.8, 4) is 0 Å².